The molecule has 1 fully saturated rings. The lowest BCUT2D eigenvalue weighted by Gasteiger charge is -2.21. The van der Waals surface area contributed by atoms with Gasteiger partial charge in [0.1, 0.15) is 5.60 Å². The number of ether oxygens (including phenoxy) is 1. The van der Waals surface area contributed by atoms with E-state index in [2.05, 4.69) is 0 Å². The van der Waals surface area contributed by atoms with Crippen LogP contribution in [-0.2, 0) is 14.9 Å². The monoisotopic (exact) mass is 250 g/mol. The summed E-state index contributed by atoms with van der Waals surface area (Å²) < 4.78 is 31.3. The first kappa shape index (κ1) is 13.2. The summed E-state index contributed by atoms with van der Waals surface area (Å²) in [4.78, 5) is 11.3. The van der Waals surface area contributed by atoms with Crippen LogP contribution in [0, 0.1) is 0 Å². The smallest absolute Gasteiger partial charge is 0.422 e. The van der Waals surface area contributed by atoms with Gasteiger partial charge in [-0.15, -0.1) is 0 Å². The van der Waals surface area contributed by atoms with Gasteiger partial charge in [0.25, 0.3) is 0 Å². The van der Waals surface area contributed by atoms with E-state index in [4.69, 9.17) is 4.74 Å². The number of hydrogen-bond acceptors (Lipinski definition) is 4. The summed E-state index contributed by atoms with van der Waals surface area (Å²) in [5.74, 6) is 0. The Bertz CT molecular complexity index is 352. The third-order valence-electron chi connectivity index (χ3n) is 2.02. The summed E-state index contributed by atoms with van der Waals surface area (Å²) in [5, 5.41) is 0. The summed E-state index contributed by atoms with van der Waals surface area (Å²) in [6, 6.07) is 0. The summed E-state index contributed by atoms with van der Waals surface area (Å²) in [5.41, 5.74) is -0.704. The van der Waals surface area contributed by atoms with Crippen LogP contribution in [0.2, 0.25) is 0 Å². The van der Waals surface area contributed by atoms with E-state index in [0.717, 1.165) is 12.8 Å². The quantitative estimate of drug-likeness (QED) is 0.788. The SMILES string of the molecule is CC(C)(C)OC(=O)NS(=O)(=O)N1CCCC1. The minimum Gasteiger partial charge on any atom is -0.443 e. The molecule has 1 rings (SSSR count). The molecule has 16 heavy (non-hydrogen) atoms. The molecule has 1 aliphatic rings. The molecule has 1 N–H and O–H groups in total. The number of amides is 1. The van der Waals surface area contributed by atoms with Crippen molar-refractivity contribution in [1.82, 2.24) is 9.03 Å². The Morgan fingerprint density at radius 3 is 2.19 bits per heavy atom. The summed E-state index contributed by atoms with van der Waals surface area (Å²) in [6.07, 6.45) is 0.726. The first-order chi connectivity index (χ1) is 7.21. The molecule has 0 saturated carbocycles. The van der Waals surface area contributed by atoms with Gasteiger partial charge in [-0.1, -0.05) is 0 Å². The molecule has 94 valence electrons. The zero-order chi connectivity index (χ0) is 12.4. The zero-order valence-corrected chi connectivity index (χ0v) is 10.6. The Balaban J connectivity index is 2.56. The number of rotatable bonds is 2. The summed E-state index contributed by atoms with van der Waals surface area (Å²) in [7, 11) is -3.72. The topological polar surface area (TPSA) is 75.7 Å². The van der Waals surface area contributed by atoms with E-state index in [1.54, 1.807) is 20.8 Å². The van der Waals surface area contributed by atoms with Crippen molar-refractivity contribution in [3.05, 3.63) is 0 Å². The Morgan fingerprint density at radius 1 is 1.25 bits per heavy atom. The summed E-state index contributed by atoms with van der Waals surface area (Å²) in [6.45, 7) is 5.94. The van der Waals surface area contributed by atoms with Crippen LogP contribution in [0.3, 0.4) is 0 Å². The maximum Gasteiger partial charge on any atom is 0.422 e. The molecule has 0 radical (unpaired) electrons. The Hall–Kier alpha value is -0.820. The van der Waals surface area contributed by atoms with Crippen LogP contribution in [-0.4, -0.2) is 37.5 Å². The molecule has 1 saturated heterocycles. The van der Waals surface area contributed by atoms with Gasteiger partial charge in [0.05, 0.1) is 0 Å². The van der Waals surface area contributed by atoms with Crippen LogP contribution >= 0.6 is 0 Å². The molecule has 0 aromatic carbocycles. The van der Waals surface area contributed by atoms with Gasteiger partial charge in [-0.3, -0.25) is 0 Å². The Kier molecular flexibility index (Phi) is 3.80. The van der Waals surface area contributed by atoms with E-state index >= 15 is 0 Å². The van der Waals surface area contributed by atoms with Crippen LogP contribution < -0.4 is 4.72 Å². The molecule has 1 amide bonds. The number of nitrogens with zero attached hydrogens (tertiary/aromatic N) is 1. The van der Waals surface area contributed by atoms with Gasteiger partial charge in [0.2, 0.25) is 0 Å². The molecule has 7 heteroatoms. The van der Waals surface area contributed by atoms with E-state index in [1.165, 1.54) is 4.31 Å². The van der Waals surface area contributed by atoms with Crippen molar-refractivity contribution in [1.29, 1.82) is 0 Å². The van der Waals surface area contributed by atoms with E-state index < -0.39 is 21.9 Å². The van der Waals surface area contributed by atoms with Crippen LogP contribution in [0.5, 0.6) is 0 Å². The van der Waals surface area contributed by atoms with E-state index in [9.17, 15) is 13.2 Å². The third-order valence-corrected chi connectivity index (χ3v) is 3.49. The molecule has 1 heterocycles. The molecule has 0 aliphatic carbocycles. The second kappa shape index (κ2) is 4.58. The lowest BCUT2D eigenvalue weighted by molar-refractivity contribution is 0.0567. The molecule has 0 bridgehead atoms. The molecule has 0 aromatic rings. The van der Waals surface area contributed by atoms with Crippen LogP contribution in [0.15, 0.2) is 0 Å². The molecular weight excluding hydrogens is 232 g/mol. The van der Waals surface area contributed by atoms with Gasteiger partial charge in [-0.2, -0.15) is 12.7 Å². The first-order valence-electron chi connectivity index (χ1n) is 5.21. The Morgan fingerprint density at radius 2 is 1.75 bits per heavy atom. The standard InChI is InChI=1S/C9H18N2O4S/c1-9(2,3)15-8(12)10-16(13,14)11-6-4-5-7-11/h4-7H2,1-3H3,(H,10,12). The number of carbonyl (C=O) groups is 1. The highest BCUT2D eigenvalue weighted by Crippen LogP contribution is 2.12. The third kappa shape index (κ3) is 3.97. The lowest BCUT2D eigenvalue weighted by Crippen LogP contribution is -2.44. The minimum atomic E-state index is -3.72. The van der Waals surface area contributed by atoms with Crippen molar-refractivity contribution in [2.75, 3.05) is 13.1 Å². The van der Waals surface area contributed by atoms with Crippen LogP contribution in [0.25, 0.3) is 0 Å². The van der Waals surface area contributed by atoms with Crippen LogP contribution in [0.4, 0.5) is 4.79 Å². The molecule has 0 atom stereocenters. The van der Waals surface area contributed by atoms with Crippen molar-refractivity contribution in [2.24, 2.45) is 0 Å². The molecular formula is C9H18N2O4S. The second-order valence-electron chi connectivity index (χ2n) is 4.72. The fourth-order valence-electron chi connectivity index (χ4n) is 1.40. The van der Waals surface area contributed by atoms with Gasteiger partial charge in [0.15, 0.2) is 0 Å². The minimum absolute atomic E-state index is 0.456. The number of carbonyl (C=O) groups excluding carboxylic acids is 1. The molecule has 0 unspecified atom stereocenters. The van der Waals surface area contributed by atoms with Crippen molar-refractivity contribution < 1.29 is 17.9 Å². The molecule has 1 aliphatic heterocycles. The second-order valence-corrected chi connectivity index (χ2v) is 6.39. The predicted molar refractivity (Wildman–Crippen MR) is 59.1 cm³/mol. The van der Waals surface area contributed by atoms with Crippen molar-refractivity contribution >= 4 is 16.3 Å². The van der Waals surface area contributed by atoms with Gasteiger partial charge in [-0.05, 0) is 33.6 Å². The maximum atomic E-state index is 11.6. The Labute approximate surface area is 96.1 Å². The first-order valence-corrected chi connectivity index (χ1v) is 6.65. The number of nitrogens with one attached hydrogen (secondary N) is 1. The highest BCUT2D eigenvalue weighted by atomic mass is 32.2. The van der Waals surface area contributed by atoms with E-state index in [0.29, 0.717) is 13.1 Å². The van der Waals surface area contributed by atoms with Crippen LogP contribution in [0.1, 0.15) is 33.6 Å². The largest absolute Gasteiger partial charge is 0.443 e. The maximum absolute atomic E-state index is 11.6. The molecule has 0 spiro atoms. The molecule has 0 aromatic heterocycles. The van der Waals surface area contributed by atoms with Gasteiger partial charge >= 0.3 is 16.3 Å². The van der Waals surface area contributed by atoms with Crippen molar-refractivity contribution in [3.63, 3.8) is 0 Å². The highest BCUT2D eigenvalue weighted by molar-refractivity contribution is 7.87. The average Bonchev–Trinajstić information content (AvgIpc) is 2.49. The number of hydrogen-bond donors (Lipinski definition) is 1. The average molecular weight is 250 g/mol. The van der Waals surface area contributed by atoms with Crippen molar-refractivity contribution in [3.8, 4) is 0 Å². The summed E-state index contributed by atoms with van der Waals surface area (Å²) >= 11 is 0. The molecule has 6 nitrogen and oxygen atoms in total. The van der Waals surface area contributed by atoms with Crippen molar-refractivity contribution in [2.45, 2.75) is 39.2 Å². The van der Waals surface area contributed by atoms with E-state index in [-0.39, 0.29) is 0 Å². The van der Waals surface area contributed by atoms with Gasteiger partial charge < -0.3 is 4.74 Å². The normalized spacial score (nSPS) is 18.4. The highest BCUT2D eigenvalue weighted by Gasteiger charge is 2.28. The zero-order valence-electron chi connectivity index (χ0n) is 9.82. The fourth-order valence-corrected chi connectivity index (χ4v) is 2.52. The predicted octanol–water partition coefficient (Wildman–Crippen LogP) is 0.852. The fraction of sp³-hybridized carbons (Fsp3) is 0.889. The van der Waals surface area contributed by atoms with E-state index in [1.807, 2.05) is 4.72 Å². The van der Waals surface area contributed by atoms with Gasteiger partial charge in [0, 0.05) is 13.1 Å². The lowest BCUT2D eigenvalue weighted by atomic mass is 10.2. The van der Waals surface area contributed by atoms with Gasteiger partial charge in [-0.25, -0.2) is 9.52 Å².